The number of hydrogen-bond donors (Lipinski definition) is 0. The monoisotopic (exact) mass is 611 g/mol. The molecule has 4 heterocycles. The van der Waals surface area contributed by atoms with Gasteiger partial charge in [-0.3, -0.25) is 9.67 Å². The summed E-state index contributed by atoms with van der Waals surface area (Å²) in [5.41, 5.74) is 7.59. The third kappa shape index (κ3) is 5.51. The van der Waals surface area contributed by atoms with Gasteiger partial charge in [-0.2, -0.15) is 5.10 Å². The van der Waals surface area contributed by atoms with E-state index in [-0.39, 0.29) is 0 Å². The molecule has 8 nitrogen and oxygen atoms in total. The summed E-state index contributed by atoms with van der Waals surface area (Å²) in [6.07, 6.45) is 2.58. The molecule has 1 atom stereocenters. The van der Waals surface area contributed by atoms with Crippen molar-refractivity contribution < 1.29 is 14.3 Å². The van der Waals surface area contributed by atoms with Crippen LogP contribution in [0.2, 0.25) is 5.02 Å². The molecule has 0 N–H and O–H groups in total. The van der Waals surface area contributed by atoms with Gasteiger partial charge in [-0.1, -0.05) is 23.7 Å². The van der Waals surface area contributed by atoms with Gasteiger partial charge in [0.25, 0.3) is 0 Å². The minimum absolute atomic E-state index is 0.469. The summed E-state index contributed by atoms with van der Waals surface area (Å²) in [5, 5.41) is 6.09. The van der Waals surface area contributed by atoms with Crippen molar-refractivity contribution in [2.24, 2.45) is 7.05 Å². The second kappa shape index (κ2) is 11.1. The van der Waals surface area contributed by atoms with Gasteiger partial charge in [0.1, 0.15) is 16.2 Å². The molecular formula is C33H30ClN5O3S. The van der Waals surface area contributed by atoms with Crippen molar-refractivity contribution in [1.29, 1.82) is 0 Å². The molecule has 6 rings (SSSR count). The summed E-state index contributed by atoms with van der Waals surface area (Å²) < 4.78 is 14.3. The zero-order valence-electron chi connectivity index (χ0n) is 24.7. The van der Waals surface area contributed by atoms with Crippen LogP contribution in [-0.2, 0) is 21.3 Å². The highest BCUT2D eigenvalue weighted by molar-refractivity contribution is 7.22. The smallest absolute Gasteiger partial charge is 0.339 e. The molecule has 0 fully saturated rings. The molecule has 218 valence electrons. The maximum atomic E-state index is 13.2. The SMILES string of the molecule is COC(=O)[C@@H](OC(C)(C)C)c1c(C)cc2nc(-c3ccc4c(n3)c(-c3cccnc3)nn4C)sc2c1-c1ccc(Cl)cc1. The maximum absolute atomic E-state index is 13.2. The van der Waals surface area contributed by atoms with Crippen molar-refractivity contribution >= 4 is 50.2 Å². The Labute approximate surface area is 258 Å². The highest BCUT2D eigenvalue weighted by atomic mass is 35.5. The zero-order chi connectivity index (χ0) is 30.5. The fraction of sp³-hybridized carbons (Fsp3) is 0.242. The number of halogens is 1. The van der Waals surface area contributed by atoms with Crippen molar-refractivity contribution in [3.63, 3.8) is 0 Å². The Bertz CT molecular complexity index is 1980. The van der Waals surface area contributed by atoms with Crippen LogP contribution in [0.1, 0.15) is 38.0 Å². The van der Waals surface area contributed by atoms with Crippen LogP contribution in [0.5, 0.6) is 0 Å². The molecular weight excluding hydrogens is 582 g/mol. The van der Waals surface area contributed by atoms with Gasteiger partial charge in [0, 0.05) is 41.2 Å². The number of ether oxygens (including phenoxy) is 2. The number of carbonyl (C=O) groups is 1. The molecule has 6 aromatic rings. The molecule has 0 aliphatic carbocycles. The van der Waals surface area contributed by atoms with Crippen LogP contribution in [-0.4, -0.2) is 43.4 Å². The summed E-state index contributed by atoms with van der Waals surface area (Å²) in [7, 11) is 3.28. The second-order valence-electron chi connectivity index (χ2n) is 11.3. The summed E-state index contributed by atoms with van der Waals surface area (Å²) in [6.45, 7) is 7.73. The highest BCUT2D eigenvalue weighted by Crippen LogP contribution is 2.44. The molecule has 0 spiro atoms. The third-order valence-electron chi connectivity index (χ3n) is 7.06. The average molecular weight is 612 g/mol. The number of aryl methyl sites for hydroxylation is 2. The van der Waals surface area contributed by atoms with Gasteiger partial charge >= 0.3 is 5.97 Å². The molecule has 2 aromatic carbocycles. The van der Waals surface area contributed by atoms with E-state index < -0.39 is 17.7 Å². The standard InChI is InChI=1S/C33H30ClN5O3S/c1-18-16-23-30(26(19-9-11-21(34)12-10-19)25(18)29(32(40)41-6)42-33(2,3)4)43-31(37-23)22-13-14-24-28(36-22)27(38-39(24)5)20-8-7-15-35-17-20/h7-17,29H,1-6H3/t29-/m0/s1. The number of methoxy groups -OCH3 is 1. The van der Waals surface area contributed by atoms with Crippen molar-refractivity contribution in [3.05, 3.63) is 83.1 Å². The van der Waals surface area contributed by atoms with Crippen LogP contribution in [0.4, 0.5) is 0 Å². The molecule has 43 heavy (non-hydrogen) atoms. The van der Waals surface area contributed by atoms with Gasteiger partial charge in [0.05, 0.1) is 34.1 Å². The first-order valence-corrected chi connectivity index (χ1v) is 14.9. The number of pyridine rings is 2. The fourth-order valence-corrected chi connectivity index (χ4v) is 6.42. The number of nitrogens with zero attached hydrogens (tertiary/aromatic N) is 5. The van der Waals surface area contributed by atoms with Crippen molar-refractivity contribution in [3.8, 4) is 33.1 Å². The number of aromatic nitrogens is 5. The molecule has 10 heteroatoms. The third-order valence-corrected chi connectivity index (χ3v) is 8.42. The fourth-order valence-electron chi connectivity index (χ4n) is 5.20. The predicted octanol–water partition coefficient (Wildman–Crippen LogP) is 7.97. The van der Waals surface area contributed by atoms with E-state index in [2.05, 4.69) is 4.98 Å². The van der Waals surface area contributed by atoms with Gasteiger partial charge in [0.15, 0.2) is 6.10 Å². The summed E-state index contributed by atoms with van der Waals surface area (Å²) in [5.74, 6) is -0.469. The minimum Gasteiger partial charge on any atom is -0.467 e. The summed E-state index contributed by atoms with van der Waals surface area (Å²) in [4.78, 5) is 27.6. The normalized spacial score (nSPS) is 12.6. The zero-order valence-corrected chi connectivity index (χ0v) is 26.2. The van der Waals surface area contributed by atoms with Crippen LogP contribution >= 0.6 is 22.9 Å². The van der Waals surface area contributed by atoms with Crippen molar-refractivity contribution in [1.82, 2.24) is 24.7 Å². The van der Waals surface area contributed by atoms with Gasteiger partial charge < -0.3 is 9.47 Å². The van der Waals surface area contributed by atoms with Crippen LogP contribution in [0.3, 0.4) is 0 Å². The molecule has 0 saturated heterocycles. The molecule has 0 amide bonds. The van der Waals surface area contributed by atoms with E-state index in [1.165, 1.54) is 18.4 Å². The van der Waals surface area contributed by atoms with Gasteiger partial charge in [0.2, 0.25) is 0 Å². The van der Waals surface area contributed by atoms with E-state index >= 15 is 0 Å². The lowest BCUT2D eigenvalue weighted by Gasteiger charge is -2.28. The van der Waals surface area contributed by atoms with Crippen molar-refractivity contribution in [2.75, 3.05) is 7.11 Å². The first-order chi connectivity index (χ1) is 20.5. The van der Waals surface area contributed by atoms with Gasteiger partial charge in [-0.05, 0) is 81.3 Å². The summed E-state index contributed by atoms with van der Waals surface area (Å²) >= 11 is 7.79. The maximum Gasteiger partial charge on any atom is 0.339 e. The summed E-state index contributed by atoms with van der Waals surface area (Å²) in [6, 6.07) is 17.4. The molecule has 4 aromatic heterocycles. The van der Waals surface area contributed by atoms with Crippen LogP contribution in [0.15, 0.2) is 67.0 Å². The Balaban J connectivity index is 1.59. The molecule has 0 bridgehead atoms. The number of thiazole rings is 1. The Morgan fingerprint density at radius 2 is 1.81 bits per heavy atom. The number of esters is 1. The number of hydrogen-bond acceptors (Lipinski definition) is 8. The predicted molar refractivity (Wildman–Crippen MR) is 171 cm³/mol. The first kappa shape index (κ1) is 28.9. The second-order valence-corrected chi connectivity index (χ2v) is 12.7. The van der Waals surface area contributed by atoms with E-state index in [9.17, 15) is 4.79 Å². The number of fused-ring (bicyclic) bond motifs is 2. The van der Waals surface area contributed by atoms with Crippen LogP contribution in [0, 0.1) is 6.92 Å². The van der Waals surface area contributed by atoms with Crippen molar-refractivity contribution in [2.45, 2.75) is 39.4 Å². The number of carbonyl (C=O) groups excluding carboxylic acids is 1. The van der Waals surface area contributed by atoms with E-state index in [0.29, 0.717) is 5.02 Å². The Morgan fingerprint density at radius 1 is 1.05 bits per heavy atom. The van der Waals surface area contributed by atoms with E-state index in [4.69, 9.17) is 36.1 Å². The lowest BCUT2D eigenvalue weighted by Crippen LogP contribution is -2.29. The van der Waals surface area contributed by atoms with Gasteiger partial charge in [-0.25, -0.2) is 14.8 Å². The lowest BCUT2D eigenvalue weighted by atomic mass is 9.91. The first-order valence-electron chi connectivity index (χ1n) is 13.7. The van der Waals surface area contributed by atoms with Gasteiger partial charge in [-0.15, -0.1) is 11.3 Å². The topological polar surface area (TPSA) is 92.0 Å². The molecule has 0 aliphatic rings. The van der Waals surface area contributed by atoms with E-state index in [0.717, 1.165) is 65.5 Å². The quantitative estimate of drug-likeness (QED) is 0.176. The van der Waals surface area contributed by atoms with E-state index in [1.54, 1.807) is 12.4 Å². The molecule has 0 unspecified atom stereocenters. The lowest BCUT2D eigenvalue weighted by molar-refractivity contribution is -0.164. The number of rotatable bonds is 6. The Hall–Kier alpha value is -4.18. The number of benzene rings is 2. The highest BCUT2D eigenvalue weighted by Gasteiger charge is 2.33. The van der Waals surface area contributed by atoms with E-state index in [1.807, 2.05) is 94.0 Å². The molecule has 0 radical (unpaired) electrons. The largest absolute Gasteiger partial charge is 0.467 e. The molecule has 0 saturated carbocycles. The van der Waals surface area contributed by atoms with Crippen LogP contribution < -0.4 is 0 Å². The Morgan fingerprint density at radius 3 is 2.49 bits per heavy atom. The van der Waals surface area contributed by atoms with Crippen LogP contribution in [0.25, 0.3) is 54.3 Å². The average Bonchev–Trinajstić information content (AvgIpc) is 3.56. The minimum atomic E-state index is -0.947. The molecule has 0 aliphatic heterocycles. The Kier molecular flexibility index (Phi) is 7.50.